The first kappa shape index (κ1) is 17.9. The van der Waals surface area contributed by atoms with Crippen molar-refractivity contribution >= 4 is 22.4 Å². The van der Waals surface area contributed by atoms with Crippen LogP contribution in [-0.2, 0) is 4.74 Å². The van der Waals surface area contributed by atoms with E-state index < -0.39 is 0 Å². The van der Waals surface area contributed by atoms with Crippen LogP contribution in [0.15, 0.2) is 60.9 Å². The summed E-state index contributed by atoms with van der Waals surface area (Å²) in [5, 5.41) is 4.55. The summed E-state index contributed by atoms with van der Waals surface area (Å²) in [6, 6.07) is 17.0. The van der Waals surface area contributed by atoms with E-state index in [4.69, 9.17) is 4.74 Å². The molecule has 5 heteroatoms. The summed E-state index contributed by atoms with van der Waals surface area (Å²) in [4.78, 5) is 12.4. The Morgan fingerprint density at radius 3 is 2.79 bits per heavy atom. The van der Waals surface area contributed by atoms with Crippen LogP contribution in [0.1, 0.15) is 30.0 Å². The monoisotopic (exact) mass is 384 g/mol. The molecule has 5 nitrogen and oxygen atoms in total. The zero-order valence-electron chi connectivity index (χ0n) is 16.5. The lowest BCUT2D eigenvalue weighted by Crippen LogP contribution is -2.14. The van der Waals surface area contributed by atoms with E-state index in [1.807, 2.05) is 25.4 Å². The number of nitrogens with one attached hydrogen (secondary N) is 2. The maximum atomic E-state index is 5.50. The average Bonchev–Trinajstić information content (AvgIpc) is 3.18. The molecule has 0 aliphatic carbocycles. The number of anilines is 2. The van der Waals surface area contributed by atoms with Gasteiger partial charge in [-0.3, -0.25) is 4.98 Å². The van der Waals surface area contributed by atoms with Crippen molar-refractivity contribution < 1.29 is 4.74 Å². The van der Waals surface area contributed by atoms with E-state index in [1.165, 1.54) is 5.56 Å². The van der Waals surface area contributed by atoms with Crippen molar-refractivity contribution in [1.29, 1.82) is 0 Å². The molecule has 0 unspecified atom stereocenters. The van der Waals surface area contributed by atoms with Crippen LogP contribution < -0.4 is 5.32 Å². The van der Waals surface area contributed by atoms with Gasteiger partial charge in [0.15, 0.2) is 0 Å². The first-order valence-corrected chi connectivity index (χ1v) is 10.1. The molecular weight excluding hydrogens is 360 g/mol. The molecule has 4 aromatic rings. The number of aromatic amines is 1. The minimum atomic E-state index is 0.579. The van der Waals surface area contributed by atoms with Gasteiger partial charge in [0, 0.05) is 59.7 Å². The molecule has 0 atom stereocenters. The quantitative estimate of drug-likeness (QED) is 0.483. The van der Waals surface area contributed by atoms with Gasteiger partial charge in [-0.1, -0.05) is 12.1 Å². The van der Waals surface area contributed by atoms with Crippen molar-refractivity contribution in [3.8, 4) is 11.3 Å². The van der Waals surface area contributed by atoms with Crippen LogP contribution in [0.4, 0.5) is 11.5 Å². The van der Waals surface area contributed by atoms with E-state index in [-0.39, 0.29) is 0 Å². The van der Waals surface area contributed by atoms with Crippen molar-refractivity contribution in [2.45, 2.75) is 25.7 Å². The molecule has 2 N–H and O–H groups in total. The second-order valence-electron chi connectivity index (χ2n) is 7.66. The highest BCUT2D eigenvalue weighted by molar-refractivity contribution is 5.87. The predicted octanol–water partition coefficient (Wildman–Crippen LogP) is 5.57. The lowest BCUT2D eigenvalue weighted by Gasteiger charge is -2.22. The number of pyridine rings is 2. The molecule has 0 amide bonds. The van der Waals surface area contributed by atoms with Crippen molar-refractivity contribution in [2.75, 3.05) is 18.5 Å². The minimum Gasteiger partial charge on any atom is -0.381 e. The topological polar surface area (TPSA) is 62.8 Å². The maximum Gasteiger partial charge on any atom is 0.132 e. The fourth-order valence-corrected chi connectivity index (χ4v) is 4.01. The summed E-state index contributed by atoms with van der Waals surface area (Å²) in [5.74, 6) is 1.41. The van der Waals surface area contributed by atoms with Crippen molar-refractivity contribution in [3.05, 3.63) is 72.2 Å². The minimum absolute atomic E-state index is 0.579. The number of ether oxygens (including phenoxy) is 1. The van der Waals surface area contributed by atoms with Crippen LogP contribution in [0, 0.1) is 6.92 Å². The molecule has 0 spiro atoms. The molecule has 1 aliphatic heterocycles. The highest BCUT2D eigenvalue weighted by atomic mass is 16.5. The molecule has 1 aliphatic rings. The van der Waals surface area contributed by atoms with E-state index in [2.05, 4.69) is 62.7 Å². The first-order valence-electron chi connectivity index (χ1n) is 10.1. The summed E-state index contributed by atoms with van der Waals surface area (Å²) in [6.45, 7) is 3.71. The van der Waals surface area contributed by atoms with Gasteiger partial charge < -0.3 is 15.0 Å². The highest BCUT2D eigenvalue weighted by Gasteiger charge is 2.16. The van der Waals surface area contributed by atoms with Gasteiger partial charge in [-0.2, -0.15) is 0 Å². The van der Waals surface area contributed by atoms with Crippen LogP contribution >= 0.6 is 0 Å². The van der Waals surface area contributed by atoms with E-state index in [0.717, 1.165) is 65.4 Å². The molecule has 5 rings (SSSR count). The molecule has 1 fully saturated rings. The lowest BCUT2D eigenvalue weighted by molar-refractivity contribution is 0.0853. The van der Waals surface area contributed by atoms with Gasteiger partial charge in [0.2, 0.25) is 0 Å². The third kappa shape index (κ3) is 3.87. The molecule has 1 aromatic carbocycles. The molecule has 1 saturated heterocycles. The predicted molar refractivity (Wildman–Crippen MR) is 117 cm³/mol. The maximum absolute atomic E-state index is 5.50. The number of nitrogens with zero attached hydrogens (tertiary/aromatic N) is 2. The Morgan fingerprint density at radius 2 is 1.93 bits per heavy atom. The molecule has 29 heavy (non-hydrogen) atoms. The molecule has 3 aromatic heterocycles. The van der Waals surface area contributed by atoms with Crippen LogP contribution in [0.25, 0.3) is 22.2 Å². The fourth-order valence-electron chi connectivity index (χ4n) is 4.01. The first-order chi connectivity index (χ1) is 14.2. The third-order valence-electron chi connectivity index (χ3n) is 5.56. The Kier molecular flexibility index (Phi) is 4.74. The largest absolute Gasteiger partial charge is 0.381 e. The Hall–Kier alpha value is -3.18. The normalized spacial score (nSPS) is 14.9. The molecule has 0 radical (unpaired) electrons. The Morgan fingerprint density at radius 1 is 1.03 bits per heavy atom. The molecule has 0 bridgehead atoms. The molecule has 146 valence electrons. The number of benzene rings is 1. The fraction of sp³-hybridized carbons (Fsp3) is 0.250. The SMILES string of the molecule is Cc1cc(-c2cc3cnc(Nc4cccc(C5CCOCC5)c4)cc3[nH]2)ccn1. The van der Waals surface area contributed by atoms with Crippen molar-refractivity contribution in [1.82, 2.24) is 15.0 Å². The van der Waals surface area contributed by atoms with Crippen LogP contribution in [-0.4, -0.2) is 28.2 Å². The summed E-state index contributed by atoms with van der Waals surface area (Å²) < 4.78 is 5.50. The van der Waals surface area contributed by atoms with E-state index in [9.17, 15) is 0 Å². The Bertz CT molecular complexity index is 1140. The number of aromatic nitrogens is 3. The van der Waals surface area contributed by atoms with Gasteiger partial charge in [0.05, 0.1) is 5.52 Å². The van der Waals surface area contributed by atoms with Gasteiger partial charge in [-0.15, -0.1) is 0 Å². The van der Waals surface area contributed by atoms with Crippen LogP contribution in [0.2, 0.25) is 0 Å². The second-order valence-corrected chi connectivity index (χ2v) is 7.66. The Labute approximate surface area is 170 Å². The highest BCUT2D eigenvalue weighted by Crippen LogP contribution is 2.30. The number of fused-ring (bicyclic) bond motifs is 1. The molecular formula is C24H24N4O. The standard InChI is InChI=1S/C24H24N4O/c1-16-11-19(5-8-25-16)22-13-20-15-26-24(14-23(20)28-22)27-21-4-2-3-18(12-21)17-6-9-29-10-7-17/h2-5,8,11-15,17,28H,6-7,9-10H2,1H3,(H,26,27). The number of H-pyrrole nitrogens is 1. The van der Waals surface area contributed by atoms with Gasteiger partial charge in [-0.05, 0) is 61.6 Å². The number of hydrogen-bond acceptors (Lipinski definition) is 4. The average molecular weight is 384 g/mol. The van der Waals surface area contributed by atoms with Crippen LogP contribution in [0.5, 0.6) is 0 Å². The van der Waals surface area contributed by atoms with Crippen molar-refractivity contribution in [3.63, 3.8) is 0 Å². The Balaban J connectivity index is 1.39. The zero-order valence-corrected chi connectivity index (χ0v) is 16.5. The summed E-state index contributed by atoms with van der Waals surface area (Å²) >= 11 is 0. The van der Waals surface area contributed by atoms with Gasteiger partial charge in [0.1, 0.15) is 5.82 Å². The second kappa shape index (κ2) is 7.68. The van der Waals surface area contributed by atoms with E-state index in [1.54, 1.807) is 0 Å². The number of hydrogen-bond donors (Lipinski definition) is 2. The van der Waals surface area contributed by atoms with Gasteiger partial charge in [-0.25, -0.2) is 4.98 Å². The smallest absolute Gasteiger partial charge is 0.132 e. The van der Waals surface area contributed by atoms with Gasteiger partial charge >= 0.3 is 0 Å². The van der Waals surface area contributed by atoms with E-state index in [0.29, 0.717) is 5.92 Å². The van der Waals surface area contributed by atoms with Crippen molar-refractivity contribution in [2.24, 2.45) is 0 Å². The molecule has 0 saturated carbocycles. The van der Waals surface area contributed by atoms with Crippen LogP contribution in [0.3, 0.4) is 0 Å². The zero-order chi connectivity index (χ0) is 19.6. The number of rotatable bonds is 4. The third-order valence-corrected chi connectivity index (χ3v) is 5.56. The van der Waals surface area contributed by atoms with E-state index >= 15 is 0 Å². The summed E-state index contributed by atoms with van der Waals surface area (Å²) in [6.07, 6.45) is 5.93. The lowest BCUT2D eigenvalue weighted by atomic mass is 9.91. The van der Waals surface area contributed by atoms with Gasteiger partial charge in [0.25, 0.3) is 0 Å². The molecule has 4 heterocycles. The summed E-state index contributed by atoms with van der Waals surface area (Å²) in [7, 11) is 0. The number of aryl methyl sites for hydroxylation is 1. The summed E-state index contributed by atoms with van der Waals surface area (Å²) in [5.41, 5.74) is 6.71.